The molecule has 2 aromatic carbocycles. The molecule has 0 saturated heterocycles. The summed E-state index contributed by atoms with van der Waals surface area (Å²) < 4.78 is 46.1. The molecule has 1 atom stereocenters. The van der Waals surface area contributed by atoms with Gasteiger partial charge >= 0.3 is 6.18 Å². The quantitative estimate of drug-likeness (QED) is 0.358. The van der Waals surface area contributed by atoms with Crippen molar-refractivity contribution < 1.29 is 23.0 Å². The lowest BCUT2D eigenvalue weighted by molar-refractivity contribution is -0.220. The zero-order valence-electron chi connectivity index (χ0n) is 18.0. The summed E-state index contributed by atoms with van der Waals surface area (Å²) in [4.78, 5) is 12.5. The highest BCUT2D eigenvalue weighted by molar-refractivity contribution is 5.91. The summed E-state index contributed by atoms with van der Waals surface area (Å²) in [6.07, 6.45) is -0.767. The van der Waals surface area contributed by atoms with Gasteiger partial charge in [-0.05, 0) is 55.8 Å². The normalized spacial score (nSPS) is 16.5. The second-order valence-electron chi connectivity index (χ2n) is 7.92. The number of aromatic nitrogens is 3. The van der Waals surface area contributed by atoms with Crippen molar-refractivity contribution in [3.05, 3.63) is 77.9 Å². The maximum atomic E-state index is 12.9. The average Bonchev–Trinajstić information content (AvgIpc) is 3.23. The van der Waals surface area contributed by atoms with Gasteiger partial charge in [-0.15, -0.1) is 0 Å². The predicted octanol–water partition coefficient (Wildman–Crippen LogP) is 4.35. The first-order valence-corrected chi connectivity index (χ1v) is 10.6. The van der Waals surface area contributed by atoms with Crippen molar-refractivity contribution in [1.29, 1.82) is 0 Å². The zero-order valence-corrected chi connectivity index (χ0v) is 18.0. The number of benzene rings is 2. The summed E-state index contributed by atoms with van der Waals surface area (Å²) in [5, 5.41) is 16.7. The van der Waals surface area contributed by atoms with E-state index in [-0.39, 0.29) is 11.7 Å². The van der Waals surface area contributed by atoms with Crippen molar-refractivity contribution in [2.45, 2.75) is 25.6 Å². The molecule has 174 valence electrons. The number of ether oxygens (including phenoxy) is 1. The van der Waals surface area contributed by atoms with Gasteiger partial charge in [0.15, 0.2) is 0 Å². The molecule has 0 saturated carbocycles. The number of halogens is 3. The Bertz CT molecular complexity index is 1400. The Balaban J connectivity index is 1.43. The van der Waals surface area contributed by atoms with Crippen molar-refractivity contribution >= 4 is 22.6 Å². The SMILES string of the molecule is CC1NCCc2c(Oc3ccc4c(ccn4C([O-])=Nc4cccc(C(F)(F)F)c4)c3)ncnc21. The summed E-state index contributed by atoms with van der Waals surface area (Å²) in [6, 6.07) is 10.6. The zero-order chi connectivity index (χ0) is 23.9. The van der Waals surface area contributed by atoms with Crippen LogP contribution in [0.2, 0.25) is 0 Å². The van der Waals surface area contributed by atoms with Crippen LogP contribution >= 0.6 is 0 Å². The minimum absolute atomic E-state index is 0.0705. The fourth-order valence-corrected chi connectivity index (χ4v) is 3.99. The van der Waals surface area contributed by atoms with Crippen molar-refractivity contribution in [2.24, 2.45) is 4.99 Å². The van der Waals surface area contributed by atoms with E-state index in [9.17, 15) is 18.3 Å². The molecule has 2 aromatic heterocycles. The van der Waals surface area contributed by atoms with Crippen LogP contribution in [-0.4, -0.2) is 27.1 Å². The number of rotatable bonds is 3. The Kier molecular flexibility index (Phi) is 5.45. The molecule has 0 fully saturated rings. The molecule has 1 aliphatic rings. The Morgan fingerprint density at radius 3 is 2.85 bits per heavy atom. The topological polar surface area (TPSA) is 87.4 Å². The number of nitrogens with zero attached hydrogens (tertiary/aromatic N) is 4. The van der Waals surface area contributed by atoms with Crippen LogP contribution in [0.25, 0.3) is 10.9 Å². The number of alkyl halides is 3. The third kappa shape index (κ3) is 4.19. The highest BCUT2D eigenvalue weighted by Gasteiger charge is 2.30. The monoisotopic (exact) mass is 466 g/mol. The standard InChI is InChI=1S/C24H20F3N5O2/c1-14-21-19(7-9-28-14)22(30-13-29-21)34-18-5-6-20-15(11-18)8-10-32(20)23(33)31-17-4-2-3-16(12-17)24(25,26)27/h2-6,8,10-14,28H,7,9H2,1H3,(H,31,33)/p-1. The van der Waals surface area contributed by atoms with Gasteiger partial charge in [0.25, 0.3) is 0 Å². The van der Waals surface area contributed by atoms with Crippen LogP contribution in [-0.2, 0) is 12.6 Å². The molecule has 0 radical (unpaired) electrons. The van der Waals surface area contributed by atoms with Gasteiger partial charge in [0.2, 0.25) is 5.88 Å². The van der Waals surface area contributed by atoms with E-state index in [4.69, 9.17) is 4.74 Å². The lowest BCUT2D eigenvalue weighted by Gasteiger charge is -2.23. The Morgan fingerprint density at radius 2 is 2.03 bits per heavy atom. The molecule has 1 aliphatic heterocycles. The highest BCUT2D eigenvalue weighted by Crippen LogP contribution is 2.33. The Morgan fingerprint density at radius 1 is 1.18 bits per heavy atom. The molecule has 10 heteroatoms. The molecular formula is C24H19F3N5O2-. The highest BCUT2D eigenvalue weighted by atomic mass is 19.4. The first-order valence-electron chi connectivity index (χ1n) is 10.6. The van der Waals surface area contributed by atoms with Crippen LogP contribution in [0.15, 0.2) is 66.0 Å². The van der Waals surface area contributed by atoms with Crippen molar-refractivity contribution in [3.8, 4) is 11.6 Å². The third-order valence-electron chi connectivity index (χ3n) is 5.66. The van der Waals surface area contributed by atoms with E-state index < -0.39 is 17.8 Å². The van der Waals surface area contributed by atoms with Crippen LogP contribution in [0.4, 0.5) is 18.9 Å². The maximum Gasteiger partial charge on any atom is 0.416 e. The summed E-state index contributed by atoms with van der Waals surface area (Å²) in [5.74, 6) is 1.03. The molecule has 7 nitrogen and oxygen atoms in total. The van der Waals surface area contributed by atoms with Gasteiger partial charge in [-0.2, -0.15) is 13.2 Å². The number of fused-ring (bicyclic) bond motifs is 2. The van der Waals surface area contributed by atoms with Gasteiger partial charge in [-0.25, -0.2) is 15.0 Å². The fourth-order valence-electron chi connectivity index (χ4n) is 3.99. The molecule has 0 spiro atoms. The molecule has 4 aromatic rings. The molecule has 0 aliphatic carbocycles. The van der Waals surface area contributed by atoms with Crippen molar-refractivity contribution in [3.63, 3.8) is 0 Å². The number of nitrogens with one attached hydrogen (secondary N) is 1. The van der Waals surface area contributed by atoms with Crippen LogP contribution in [0, 0.1) is 0 Å². The van der Waals surface area contributed by atoms with Gasteiger partial charge in [0.1, 0.15) is 12.1 Å². The minimum Gasteiger partial charge on any atom is -0.845 e. The molecule has 3 heterocycles. The second kappa shape index (κ2) is 8.45. The van der Waals surface area contributed by atoms with Crippen LogP contribution in [0.3, 0.4) is 0 Å². The van der Waals surface area contributed by atoms with Crippen LogP contribution in [0.1, 0.15) is 29.8 Å². The van der Waals surface area contributed by atoms with Gasteiger partial charge in [-0.3, -0.25) is 0 Å². The fraction of sp³-hybridized carbons (Fsp3) is 0.208. The summed E-state index contributed by atoms with van der Waals surface area (Å²) in [7, 11) is 0. The van der Waals surface area contributed by atoms with E-state index in [0.29, 0.717) is 22.5 Å². The number of aliphatic imine (C=N–C) groups is 1. The Hall–Kier alpha value is -3.92. The summed E-state index contributed by atoms with van der Waals surface area (Å²) in [5.41, 5.74) is 1.49. The number of hydrogen-bond donors (Lipinski definition) is 1. The average molecular weight is 466 g/mol. The predicted molar refractivity (Wildman–Crippen MR) is 118 cm³/mol. The molecular weight excluding hydrogens is 447 g/mol. The van der Waals surface area contributed by atoms with E-state index >= 15 is 0 Å². The van der Waals surface area contributed by atoms with E-state index in [2.05, 4.69) is 20.3 Å². The van der Waals surface area contributed by atoms with E-state index in [1.807, 2.05) is 6.92 Å². The second-order valence-corrected chi connectivity index (χ2v) is 7.92. The molecule has 5 rings (SSSR count). The Labute approximate surface area is 192 Å². The largest absolute Gasteiger partial charge is 0.845 e. The van der Waals surface area contributed by atoms with Crippen molar-refractivity contribution in [2.75, 3.05) is 6.54 Å². The van der Waals surface area contributed by atoms with E-state index in [1.54, 1.807) is 24.3 Å². The molecule has 1 unspecified atom stereocenters. The van der Waals surface area contributed by atoms with Gasteiger partial charge in [-0.1, -0.05) is 6.07 Å². The lowest BCUT2D eigenvalue weighted by atomic mass is 10.0. The van der Waals surface area contributed by atoms with E-state index in [1.165, 1.54) is 29.2 Å². The third-order valence-corrected chi connectivity index (χ3v) is 5.66. The summed E-state index contributed by atoms with van der Waals surface area (Å²) in [6.45, 7) is 2.84. The smallest absolute Gasteiger partial charge is 0.416 e. The summed E-state index contributed by atoms with van der Waals surface area (Å²) >= 11 is 0. The molecule has 34 heavy (non-hydrogen) atoms. The lowest BCUT2D eigenvalue weighted by Crippen LogP contribution is -2.29. The van der Waals surface area contributed by atoms with Gasteiger partial charge in [0, 0.05) is 29.7 Å². The molecule has 0 amide bonds. The maximum absolute atomic E-state index is 12.9. The van der Waals surface area contributed by atoms with E-state index in [0.717, 1.165) is 36.4 Å². The van der Waals surface area contributed by atoms with Crippen LogP contribution in [0.5, 0.6) is 11.6 Å². The van der Waals surface area contributed by atoms with Crippen molar-refractivity contribution in [1.82, 2.24) is 19.9 Å². The first-order chi connectivity index (χ1) is 16.3. The van der Waals surface area contributed by atoms with Gasteiger partial charge in [0.05, 0.1) is 28.5 Å². The number of hydrogen-bond acceptors (Lipinski definition) is 6. The molecule has 0 bridgehead atoms. The van der Waals surface area contributed by atoms with Gasteiger partial charge < -0.3 is 19.7 Å². The molecule has 1 N–H and O–H groups in total. The van der Waals surface area contributed by atoms with Crippen LogP contribution < -0.4 is 15.2 Å². The minimum atomic E-state index is -4.51. The first kappa shape index (κ1) is 21.9.